The zero-order valence-electron chi connectivity index (χ0n) is 34.4. The Kier molecular flexibility index (Phi) is 11.6. The van der Waals surface area contributed by atoms with Crippen LogP contribution in [-0.2, 0) is 0 Å². The molecule has 0 amide bonds. The van der Waals surface area contributed by atoms with Crippen molar-refractivity contribution in [2.75, 3.05) is 9.80 Å². The van der Waals surface area contributed by atoms with E-state index in [1.165, 1.54) is 38.6 Å². The summed E-state index contributed by atoms with van der Waals surface area (Å²) in [6, 6.07) is 58.5. The summed E-state index contributed by atoms with van der Waals surface area (Å²) in [5, 5.41) is 2.44. The van der Waals surface area contributed by atoms with Crippen molar-refractivity contribution < 1.29 is 0 Å². The molecular formula is C54H56N2. The second-order valence-electron chi connectivity index (χ2n) is 16.4. The van der Waals surface area contributed by atoms with Gasteiger partial charge < -0.3 is 9.80 Å². The quantitative estimate of drug-likeness (QED) is 0.115. The Balaban J connectivity index is 1.14. The number of fused-ring (bicyclic) bond motifs is 1. The molecular weight excluding hydrogens is 677 g/mol. The van der Waals surface area contributed by atoms with E-state index in [0.29, 0.717) is 23.7 Å². The fourth-order valence-electron chi connectivity index (χ4n) is 7.35. The van der Waals surface area contributed by atoms with Crippen molar-refractivity contribution in [3.63, 3.8) is 0 Å². The molecule has 7 aromatic rings. The van der Waals surface area contributed by atoms with Crippen LogP contribution in [0.25, 0.3) is 22.9 Å². The topological polar surface area (TPSA) is 6.48 Å². The highest BCUT2D eigenvalue weighted by atomic mass is 15.1. The molecule has 0 aliphatic carbocycles. The van der Waals surface area contributed by atoms with E-state index in [-0.39, 0.29) is 0 Å². The molecule has 282 valence electrons. The number of hydrogen-bond donors (Lipinski definition) is 0. The van der Waals surface area contributed by atoms with Crippen molar-refractivity contribution in [2.24, 2.45) is 0 Å². The molecule has 0 radical (unpaired) electrons. The molecule has 0 saturated heterocycles. The molecule has 0 aliphatic heterocycles. The van der Waals surface area contributed by atoms with Crippen molar-refractivity contribution in [3.8, 4) is 0 Å². The smallest absolute Gasteiger partial charge is 0.0468 e. The van der Waals surface area contributed by atoms with Gasteiger partial charge in [0.25, 0.3) is 0 Å². The predicted octanol–water partition coefficient (Wildman–Crippen LogP) is 16.4. The van der Waals surface area contributed by atoms with E-state index in [0.717, 1.165) is 39.7 Å². The molecule has 0 aliphatic rings. The predicted molar refractivity (Wildman–Crippen MR) is 245 cm³/mol. The standard InChI is InChI=1S/C54H56N2/c1-37(2)43-15-26-50(27-16-43)55(51-28-17-44(18-29-51)38(3)4)49-24-12-41(13-25-49)9-10-42-11-14-48-36-54(34-23-47(48)35-42)56(52-30-19-45(20-31-52)39(5)6)53-32-21-46(22-33-53)40(7)8/h9-40H,1-8H3/b10-9+. The van der Waals surface area contributed by atoms with Crippen LogP contribution in [0.4, 0.5) is 34.1 Å². The van der Waals surface area contributed by atoms with Crippen LogP contribution in [-0.4, -0.2) is 0 Å². The lowest BCUT2D eigenvalue weighted by Gasteiger charge is -2.26. The first kappa shape index (κ1) is 38.4. The molecule has 0 spiro atoms. The minimum Gasteiger partial charge on any atom is -0.311 e. The largest absolute Gasteiger partial charge is 0.311 e. The van der Waals surface area contributed by atoms with Crippen molar-refractivity contribution in [1.29, 1.82) is 0 Å². The third-order valence-corrected chi connectivity index (χ3v) is 11.0. The van der Waals surface area contributed by atoms with Gasteiger partial charge in [-0.1, -0.05) is 146 Å². The monoisotopic (exact) mass is 732 g/mol. The molecule has 0 N–H and O–H groups in total. The van der Waals surface area contributed by atoms with Crippen LogP contribution in [0.2, 0.25) is 0 Å². The Labute approximate surface area is 335 Å². The third kappa shape index (κ3) is 8.66. The normalized spacial score (nSPS) is 11.8. The Bertz CT molecular complexity index is 2280. The molecule has 7 aromatic carbocycles. The highest BCUT2D eigenvalue weighted by molar-refractivity contribution is 5.91. The lowest BCUT2D eigenvalue weighted by Crippen LogP contribution is -2.10. The van der Waals surface area contributed by atoms with E-state index in [1.807, 2.05) is 0 Å². The molecule has 2 heteroatoms. The van der Waals surface area contributed by atoms with Gasteiger partial charge in [0.05, 0.1) is 0 Å². The lowest BCUT2D eigenvalue weighted by atomic mass is 10.0. The van der Waals surface area contributed by atoms with Crippen molar-refractivity contribution in [3.05, 3.63) is 191 Å². The molecule has 0 fully saturated rings. The van der Waals surface area contributed by atoms with E-state index in [9.17, 15) is 0 Å². The summed E-state index contributed by atoms with van der Waals surface area (Å²) < 4.78 is 0. The van der Waals surface area contributed by atoms with E-state index in [1.54, 1.807) is 0 Å². The average molecular weight is 733 g/mol. The summed E-state index contributed by atoms with van der Waals surface area (Å²) in [5.41, 5.74) is 14.7. The second-order valence-corrected chi connectivity index (χ2v) is 16.4. The van der Waals surface area contributed by atoms with Gasteiger partial charge in [0.1, 0.15) is 0 Å². The third-order valence-electron chi connectivity index (χ3n) is 11.0. The first-order valence-electron chi connectivity index (χ1n) is 20.4. The van der Waals surface area contributed by atoms with Crippen LogP contribution in [0, 0.1) is 0 Å². The number of hydrogen-bond acceptors (Lipinski definition) is 2. The average Bonchev–Trinajstić information content (AvgIpc) is 3.21. The maximum Gasteiger partial charge on any atom is 0.0468 e. The summed E-state index contributed by atoms with van der Waals surface area (Å²) in [7, 11) is 0. The van der Waals surface area contributed by atoms with E-state index in [4.69, 9.17) is 0 Å². The highest BCUT2D eigenvalue weighted by Crippen LogP contribution is 2.39. The molecule has 0 bridgehead atoms. The van der Waals surface area contributed by atoms with Gasteiger partial charge in [0.15, 0.2) is 0 Å². The molecule has 56 heavy (non-hydrogen) atoms. The second kappa shape index (κ2) is 16.9. The van der Waals surface area contributed by atoms with Crippen LogP contribution < -0.4 is 9.80 Å². The van der Waals surface area contributed by atoms with Crippen molar-refractivity contribution in [1.82, 2.24) is 0 Å². The minimum absolute atomic E-state index is 0.493. The summed E-state index contributed by atoms with van der Waals surface area (Å²) >= 11 is 0. The van der Waals surface area contributed by atoms with Gasteiger partial charge in [-0.05, 0) is 147 Å². The van der Waals surface area contributed by atoms with Gasteiger partial charge in [-0.25, -0.2) is 0 Å². The first-order valence-corrected chi connectivity index (χ1v) is 20.4. The van der Waals surface area contributed by atoms with Gasteiger partial charge in [-0.15, -0.1) is 0 Å². The van der Waals surface area contributed by atoms with E-state index < -0.39 is 0 Å². The van der Waals surface area contributed by atoms with Crippen LogP contribution in [0.5, 0.6) is 0 Å². The maximum absolute atomic E-state index is 2.37. The molecule has 0 aromatic heterocycles. The van der Waals surface area contributed by atoms with Crippen molar-refractivity contribution >= 4 is 57.0 Å². The van der Waals surface area contributed by atoms with Crippen molar-refractivity contribution in [2.45, 2.75) is 79.1 Å². The summed E-state index contributed by atoms with van der Waals surface area (Å²) in [5.74, 6) is 1.98. The maximum atomic E-state index is 2.37. The molecule has 0 unspecified atom stereocenters. The van der Waals surface area contributed by atoms with Crippen LogP contribution >= 0.6 is 0 Å². The van der Waals surface area contributed by atoms with Gasteiger partial charge in [-0.3, -0.25) is 0 Å². The number of rotatable bonds is 12. The Morgan fingerprint density at radius 3 is 0.929 bits per heavy atom. The summed E-state index contributed by atoms with van der Waals surface area (Å²) in [6.07, 6.45) is 4.43. The number of anilines is 6. The van der Waals surface area contributed by atoms with Gasteiger partial charge in [0.2, 0.25) is 0 Å². The van der Waals surface area contributed by atoms with E-state index in [2.05, 4.69) is 235 Å². The molecule has 7 rings (SSSR count). The Morgan fingerprint density at radius 2 is 0.554 bits per heavy atom. The minimum atomic E-state index is 0.493. The zero-order valence-corrected chi connectivity index (χ0v) is 34.4. The fraction of sp³-hybridized carbons (Fsp3) is 0.222. The number of benzene rings is 7. The summed E-state index contributed by atoms with van der Waals surface area (Å²) in [4.78, 5) is 4.72. The molecule has 2 nitrogen and oxygen atoms in total. The SMILES string of the molecule is CC(C)c1ccc(N(c2ccc(/C=C/c3ccc4cc(N(c5ccc(C(C)C)cc5)c5ccc(C(C)C)cc5)ccc4c3)cc2)c2ccc(C(C)C)cc2)cc1. The molecule has 0 saturated carbocycles. The van der Waals surface area contributed by atoms with Gasteiger partial charge in [-0.2, -0.15) is 0 Å². The molecule has 0 heterocycles. The van der Waals surface area contributed by atoms with Gasteiger partial charge in [0, 0.05) is 34.1 Å². The first-order chi connectivity index (χ1) is 27.0. The van der Waals surface area contributed by atoms with E-state index >= 15 is 0 Å². The van der Waals surface area contributed by atoms with Crippen LogP contribution in [0.15, 0.2) is 158 Å². The number of nitrogens with zero attached hydrogens (tertiary/aromatic N) is 2. The summed E-state index contributed by atoms with van der Waals surface area (Å²) in [6.45, 7) is 18.0. The zero-order chi connectivity index (χ0) is 39.3. The van der Waals surface area contributed by atoms with Gasteiger partial charge >= 0.3 is 0 Å². The lowest BCUT2D eigenvalue weighted by molar-refractivity contribution is 0.866. The van der Waals surface area contributed by atoms with Crippen LogP contribution in [0.3, 0.4) is 0 Å². The Hall–Kier alpha value is -5.86. The highest BCUT2D eigenvalue weighted by Gasteiger charge is 2.16. The fourth-order valence-corrected chi connectivity index (χ4v) is 7.35. The Morgan fingerprint density at radius 1 is 0.286 bits per heavy atom. The molecule has 0 atom stereocenters. The van der Waals surface area contributed by atoms with Crippen LogP contribution in [0.1, 0.15) is 112 Å².